The van der Waals surface area contributed by atoms with Gasteiger partial charge in [-0.3, -0.25) is 9.59 Å². The van der Waals surface area contributed by atoms with Crippen LogP contribution in [0.25, 0.3) is 0 Å². The normalized spacial score (nSPS) is 10.1. The van der Waals surface area contributed by atoms with Gasteiger partial charge in [-0.1, -0.05) is 35.9 Å². The quantitative estimate of drug-likeness (QED) is 0.596. The highest BCUT2D eigenvalue weighted by atomic mass is 35.5. The van der Waals surface area contributed by atoms with E-state index in [1.165, 1.54) is 0 Å². The van der Waals surface area contributed by atoms with Crippen LogP contribution in [0.15, 0.2) is 72.8 Å². The topological polar surface area (TPSA) is 76.7 Å². The van der Waals surface area contributed by atoms with Crippen LogP contribution in [-0.4, -0.2) is 25.5 Å². The predicted molar refractivity (Wildman–Crippen MR) is 113 cm³/mol. The molecule has 0 atom stereocenters. The van der Waals surface area contributed by atoms with E-state index in [1.54, 1.807) is 67.8 Å². The number of halogens is 1. The second-order valence-electron chi connectivity index (χ2n) is 6.00. The lowest BCUT2D eigenvalue weighted by Crippen LogP contribution is -2.20. The maximum atomic E-state index is 12.4. The molecule has 3 rings (SSSR count). The van der Waals surface area contributed by atoms with Gasteiger partial charge in [-0.15, -0.1) is 0 Å². The number of methoxy groups -OCH3 is 1. The van der Waals surface area contributed by atoms with Crippen LogP contribution in [-0.2, 0) is 4.79 Å². The SMILES string of the molecule is COc1ccccc1NC(=O)c1ccc(OCC(=O)Nc2ccccc2Cl)cc1. The van der Waals surface area contributed by atoms with E-state index in [0.29, 0.717) is 33.5 Å². The summed E-state index contributed by atoms with van der Waals surface area (Å²) in [6.07, 6.45) is 0. The molecule has 0 unspecified atom stereocenters. The predicted octanol–water partition coefficient (Wildman–Crippen LogP) is 4.62. The van der Waals surface area contributed by atoms with Crippen LogP contribution >= 0.6 is 11.6 Å². The Morgan fingerprint density at radius 1 is 0.862 bits per heavy atom. The summed E-state index contributed by atoms with van der Waals surface area (Å²) in [7, 11) is 1.54. The van der Waals surface area contributed by atoms with Crippen molar-refractivity contribution >= 4 is 34.8 Å². The van der Waals surface area contributed by atoms with Crippen molar-refractivity contribution < 1.29 is 19.1 Å². The van der Waals surface area contributed by atoms with E-state index in [-0.39, 0.29) is 18.4 Å². The summed E-state index contributed by atoms with van der Waals surface area (Å²) in [6.45, 7) is -0.183. The van der Waals surface area contributed by atoms with Crippen molar-refractivity contribution in [1.29, 1.82) is 0 Å². The molecule has 0 aliphatic heterocycles. The van der Waals surface area contributed by atoms with Crippen LogP contribution in [0.3, 0.4) is 0 Å². The lowest BCUT2D eigenvalue weighted by Gasteiger charge is -2.11. The third kappa shape index (κ3) is 5.49. The molecule has 2 amide bonds. The Labute approximate surface area is 173 Å². The number of benzene rings is 3. The van der Waals surface area contributed by atoms with Gasteiger partial charge in [0.25, 0.3) is 11.8 Å². The number of amides is 2. The number of nitrogens with one attached hydrogen (secondary N) is 2. The third-order valence-corrected chi connectivity index (χ3v) is 4.32. The molecule has 0 radical (unpaired) electrons. The van der Waals surface area contributed by atoms with E-state index >= 15 is 0 Å². The van der Waals surface area contributed by atoms with E-state index in [1.807, 2.05) is 12.1 Å². The highest BCUT2D eigenvalue weighted by molar-refractivity contribution is 6.33. The summed E-state index contributed by atoms with van der Waals surface area (Å²) in [5, 5.41) is 5.93. The molecule has 0 aliphatic rings. The number of hydrogen-bond acceptors (Lipinski definition) is 4. The second-order valence-corrected chi connectivity index (χ2v) is 6.40. The van der Waals surface area contributed by atoms with Crippen molar-refractivity contribution in [3.05, 3.63) is 83.4 Å². The smallest absolute Gasteiger partial charge is 0.262 e. The second kappa shape index (κ2) is 9.61. The van der Waals surface area contributed by atoms with Crippen molar-refractivity contribution in [2.24, 2.45) is 0 Å². The van der Waals surface area contributed by atoms with Crippen LogP contribution in [0.4, 0.5) is 11.4 Å². The molecule has 0 aromatic heterocycles. The first-order valence-corrected chi connectivity index (χ1v) is 9.16. The summed E-state index contributed by atoms with van der Waals surface area (Å²) >= 11 is 6.01. The van der Waals surface area contributed by atoms with Gasteiger partial charge in [-0.25, -0.2) is 0 Å². The maximum Gasteiger partial charge on any atom is 0.262 e. The van der Waals surface area contributed by atoms with Gasteiger partial charge in [0.05, 0.1) is 23.5 Å². The summed E-state index contributed by atoms with van der Waals surface area (Å²) in [5.41, 5.74) is 1.55. The van der Waals surface area contributed by atoms with E-state index in [4.69, 9.17) is 21.1 Å². The Bertz CT molecular complexity index is 1010. The molecule has 0 aliphatic carbocycles. The molecular formula is C22H19ClN2O4. The molecule has 2 N–H and O–H groups in total. The molecule has 0 heterocycles. The molecule has 3 aromatic carbocycles. The minimum absolute atomic E-state index is 0.183. The molecule has 0 spiro atoms. The van der Waals surface area contributed by atoms with Gasteiger partial charge in [0, 0.05) is 5.56 Å². The lowest BCUT2D eigenvalue weighted by atomic mass is 10.2. The number of carbonyl (C=O) groups excluding carboxylic acids is 2. The first-order valence-electron chi connectivity index (χ1n) is 8.78. The van der Waals surface area contributed by atoms with Gasteiger partial charge in [-0.2, -0.15) is 0 Å². The molecule has 29 heavy (non-hydrogen) atoms. The zero-order chi connectivity index (χ0) is 20.6. The number of carbonyl (C=O) groups is 2. The fourth-order valence-corrected chi connectivity index (χ4v) is 2.73. The molecule has 0 bridgehead atoms. The molecule has 0 saturated heterocycles. The summed E-state index contributed by atoms with van der Waals surface area (Å²) in [6, 6.07) is 20.6. The molecular weight excluding hydrogens is 392 g/mol. The summed E-state index contributed by atoms with van der Waals surface area (Å²) < 4.78 is 10.7. The summed E-state index contributed by atoms with van der Waals surface area (Å²) in [4.78, 5) is 24.4. The van der Waals surface area contributed by atoms with Gasteiger partial charge < -0.3 is 20.1 Å². The minimum Gasteiger partial charge on any atom is -0.495 e. The van der Waals surface area contributed by atoms with E-state index in [9.17, 15) is 9.59 Å². The number of ether oxygens (including phenoxy) is 2. The van der Waals surface area contributed by atoms with E-state index < -0.39 is 0 Å². The van der Waals surface area contributed by atoms with Crippen LogP contribution in [0.2, 0.25) is 5.02 Å². The van der Waals surface area contributed by atoms with Gasteiger partial charge in [0.15, 0.2) is 6.61 Å². The van der Waals surface area contributed by atoms with Crippen molar-refractivity contribution in [3.8, 4) is 11.5 Å². The zero-order valence-corrected chi connectivity index (χ0v) is 16.4. The molecule has 148 valence electrons. The zero-order valence-electron chi connectivity index (χ0n) is 15.6. The summed E-state index contributed by atoms with van der Waals surface area (Å²) in [5.74, 6) is 0.423. The molecule has 0 saturated carbocycles. The van der Waals surface area contributed by atoms with Gasteiger partial charge in [0.2, 0.25) is 0 Å². The van der Waals surface area contributed by atoms with Crippen molar-refractivity contribution in [1.82, 2.24) is 0 Å². The Kier molecular flexibility index (Phi) is 6.71. The largest absolute Gasteiger partial charge is 0.495 e. The minimum atomic E-state index is -0.337. The van der Waals surface area contributed by atoms with Crippen molar-refractivity contribution in [2.75, 3.05) is 24.4 Å². The monoisotopic (exact) mass is 410 g/mol. The van der Waals surface area contributed by atoms with Gasteiger partial charge in [0.1, 0.15) is 11.5 Å². The van der Waals surface area contributed by atoms with E-state index in [0.717, 1.165) is 0 Å². The maximum absolute atomic E-state index is 12.4. The van der Waals surface area contributed by atoms with Gasteiger partial charge in [-0.05, 0) is 48.5 Å². The Morgan fingerprint density at radius 3 is 2.21 bits per heavy atom. The average molecular weight is 411 g/mol. The Balaban J connectivity index is 1.55. The Morgan fingerprint density at radius 2 is 1.52 bits per heavy atom. The first-order chi connectivity index (χ1) is 14.1. The van der Waals surface area contributed by atoms with Crippen LogP contribution < -0.4 is 20.1 Å². The number of anilines is 2. The molecule has 7 heteroatoms. The lowest BCUT2D eigenvalue weighted by molar-refractivity contribution is -0.118. The molecule has 6 nitrogen and oxygen atoms in total. The van der Waals surface area contributed by atoms with Gasteiger partial charge >= 0.3 is 0 Å². The highest BCUT2D eigenvalue weighted by Gasteiger charge is 2.10. The standard InChI is InChI=1S/C22H19ClN2O4/c1-28-20-9-5-4-8-19(20)25-22(27)15-10-12-16(13-11-15)29-14-21(26)24-18-7-3-2-6-17(18)23/h2-13H,14H2,1H3,(H,24,26)(H,25,27). The van der Waals surface area contributed by atoms with Crippen LogP contribution in [0.5, 0.6) is 11.5 Å². The molecule has 3 aromatic rings. The fourth-order valence-electron chi connectivity index (χ4n) is 2.54. The van der Waals surface area contributed by atoms with Crippen LogP contribution in [0.1, 0.15) is 10.4 Å². The van der Waals surface area contributed by atoms with Crippen molar-refractivity contribution in [2.45, 2.75) is 0 Å². The van der Waals surface area contributed by atoms with E-state index in [2.05, 4.69) is 10.6 Å². The highest BCUT2D eigenvalue weighted by Crippen LogP contribution is 2.24. The number of hydrogen-bond donors (Lipinski definition) is 2. The fraction of sp³-hybridized carbons (Fsp3) is 0.0909. The van der Waals surface area contributed by atoms with Crippen LogP contribution in [0, 0.1) is 0 Å². The number of para-hydroxylation sites is 3. The third-order valence-electron chi connectivity index (χ3n) is 3.99. The first kappa shape index (κ1) is 20.2. The van der Waals surface area contributed by atoms with Crippen molar-refractivity contribution in [3.63, 3.8) is 0 Å². The average Bonchev–Trinajstić information content (AvgIpc) is 2.74. The Hall–Kier alpha value is -3.51. The molecule has 0 fully saturated rings. The number of rotatable bonds is 7.